The number of H-pyrrole nitrogens is 1. The molecule has 1 aromatic rings. The van der Waals surface area contributed by atoms with Crippen molar-refractivity contribution in [2.45, 2.75) is 0 Å². The predicted octanol–water partition coefficient (Wildman–Crippen LogP) is -0.759. The van der Waals surface area contributed by atoms with Crippen molar-refractivity contribution in [2.75, 3.05) is 25.3 Å². The largest absolute Gasteiger partial charge is 0.391 e. The minimum Gasteiger partial charge on any atom is -0.391 e. The van der Waals surface area contributed by atoms with E-state index in [1.54, 1.807) is 19.1 Å². The van der Waals surface area contributed by atoms with E-state index in [0.29, 0.717) is 5.82 Å². The molecule has 0 aliphatic rings. The van der Waals surface area contributed by atoms with Crippen molar-refractivity contribution in [3.63, 3.8) is 0 Å². The number of anilines is 2. The molecule has 1 rings (SSSR count). The van der Waals surface area contributed by atoms with Gasteiger partial charge in [-0.2, -0.15) is 0 Å². The van der Waals surface area contributed by atoms with Crippen molar-refractivity contribution >= 4 is 11.5 Å². The lowest BCUT2D eigenvalue weighted by Crippen LogP contribution is -2.24. The van der Waals surface area contributed by atoms with E-state index in [4.69, 9.17) is 5.73 Å². The quantitative estimate of drug-likeness (QED) is 0.506. The second-order valence-corrected chi connectivity index (χ2v) is 2.50. The standard InChI is InChI=1S/C6H11N5O/c1-11(2)10-5-4(7)6(12)9-3-8-5/h3H,7H2,1-2H3,(H2,8,9,10,12). The Balaban J connectivity index is 3.00. The summed E-state index contributed by atoms with van der Waals surface area (Å²) in [5, 5.41) is 1.65. The van der Waals surface area contributed by atoms with Gasteiger partial charge >= 0.3 is 0 Å². The van der Waals surface area contributed by atoms with Crippen molar-refractivity contribution in [3.8, 4) is 0 Å². The van der Waals surface area contributed by atoms with Gasteiger partial charge in [-0.1, -0.05) is 0 Å². The zero-order valence-corrected chi connectivity index (χ0v) is 6.96. The van der Waals surface area contributed by atoms with Crippen LogP contribution in [0.5, 0.6) is 0 Å². The summed E-state index contributed by atoms with van der Waals surface area (Å²) >= 11 is 0. The normalized spacial score (nSPS) is 10.2. The molecule has 0 saturated heterocycles. The fourth-order valence-electron chi connectivity index (χ4n) is 0.711. The average Bonchev–Trinajstić information content (AvgIpc) is 1.98. The molecule has 0 aliphatic heterocycles. The first-order chi connectivity index (χ1) is 5.61. The Kier molecular flexibility index (Phi) is 2.29. The van der Waals surface area contributed by atoms with Gasteiger partial charge in [0, 0.05) is 14.1 Å². The highest BCUT2D eigenvalue weighted by molar-refractivity contribution is 5.58. The second kappa shape index (κ2) is 3.22. The smallest absolute Gasteiger partial charge is 0.276 e. The minimum atomic E-state index is -0.339. The van der Waals surface area contributed by atoms with Gasteiger partial charge in [0.25, 0.3) is 5.56 Å². The zero-order valence-electron chi connectivity index (χ0n) is 6.96. The first kappa shape index (κ1) is 8.54. The highest BCUT2D eigenvalue weighted by Gasteiger charge is 2.03. The van der Waals surface area contributed by atoms with Crippen LogP contribution in [0, 0.1) is 0 Å². The number of hydrazine groups is 1. The fourth-order valence-corrected chi connectivity index (χ4v) is 0.711. The number of nitrogens with two attached hydrogens (primary N) is 1. The molecule has 0 spiro atoms. The highest BCUT2D eigenvalue weighted by Crippen LogP contribution is 2.06. The topological polar surface area (TPSA) is 87.0 Å². The van der Waals surface area contributed by atoms with E-state index in [1.807, 2.05) is 0 Å². The Morgan fingerprint density at radius 3 is 2.92 bits per heavy atom. The van der Waals surface area contributed by atoms with E-state index in [0.717, 1.165) is 0 Å². The molecule has 12 heavy (non-hydrogen) atoms. The maximum atomic E-state index is 10.9. The summed E-state index contributed by atoms with van der Waals surface area (Å²) in [6.07, 6.45) is 1.30. The van der Waals surface area contributed by atoms with Gasteiger partial charge in [0.15, 0.2) is 5.82 Å². The third-order valence-electron chi connectivity index (χ3n) is 1.22. The first-order valence-corrected chi connectivity index (χ1v) is 3.38. The third-order valence-corrected chi connectivity index (χ3v) is 1.22. The van der Waals surface area contributed by atoms with Crippen molar-refractivity contribution in [3.05, 3.63) is 16.7 Å². The molecular weight excluding hydrogens is 158 g/mol. The number of rotatable bonds is 2. The SMILES string of the molecule is CN(C)Nc1nc[nH]c(=O)c1N. The number of nitrogen functional groups attached to an aromatic ring is 1. The Morgan fingerprint density at radius 2 is 2.33 bits per heavy atom. The predicted molar refractivity (Wildman–Crippen MR) is 46.6 cm³/mol. The molecule has 6 heteroatoms. The van der Waals surface area contributed by atoms with E-state index in [1.165, 1.54) is 6.33 Å². The lowest BCUT2D eigenvalue weighted by molar-refractivity contribution is 0.492. The minimum absolute atomic E-state index is 0.0891. The van der Waals surface area contributed by atoms with Crippen LogP contribution >= 0.6 is 0 Å². The summed E-state index contributed by atoms with van der Waals surface area (Å²) in [5.41, 5.74) is 7.98. The van der Waals surface area contributed by atoms with Gasteiger partial charge in [-0.15, -0.1) is 0 Å². The monoisotopic (exact) mass is 169 g/mol. The first-order valence-electron chi connectivity index (χ1n) is 3.38. The number of nitrogens with one attached hydrogen (secondary N) is 2. The molecule has 0 bridgehead atoms. The van der Waals surface area contributed by atoms with Gasteiger partial charge in [-0.25, -0.2) is 9.99 Å². The summed E-state index contributed by atoms with van der Waals surface area (Å²) in [4.78, 5) is 17.2. The molecule has 0 radical (unpaired) electrons. The van der Waals surface area contributed by atoms with E-state index in [2.05, 4.69) is 15.4 Å². The van der Waals surface area contributed by atoms with E-state index >= 15 is 0 Å². The number of hydrogen-bond acceptors (Lipinski definition) is 5. The average molecular weight is 169 g/mol. The van der Waals surface area contributed by atoms with Crippen molar-refractivity contribution in [1.82, 2.24) is 15.0 Å². The van der Waals surface area contributed by atoms with Gasteiger partial charge in [-0.3, -0.25) is 4.79 Å². The van der Waals surface area contributed by atoms with Crippen LogP contribution < -0.4 is 16.7 Å². The van der Waals surface area contributed by atoms with Gasteiger partial charge in [0.05, 0.1) is 6.33 Å². The van der Waals surface area contributed by atoms with Gasteiger partial charge in [0.1, 0.15) is 5.69 Å². The molecular formula is C6H11N5O. The van der Waals surface area contributed by atoms with E-state index < -0.39 is 0 Å². The maximum Gasteiger partial charge on any atom is 0.276 e. The Morgan fingerprint density at radius 1 is 1.67 bits per heavy atom. The summed E-state index contributed by atoms with van der Waals surface area (Å²) in [5.74, 6) is 0.365. The van der Waals surface area contributed by atoms with Crippen LogP contribution in [-0.4, -0.2) is 29.1 Å². The van der Waals surface area contributed by atoms with Crippen molar-refractivity contribution < 1.29 is 0 Å². The Bertz CT molecular complexity index is 318. The van der Waals surface area contributed by atoms with Crippen LogP contribution in [0.25, 0.3) is 0 Å². The molecule has 6 nitrogen and oxygen atoms in total. The molecule has 66 valence electrons. The lowest BCUT2D eigenvalue weighted by atomic mass is 10.5. The molecule has 1 heterocycles. The number of aromatic nitrogens is 2. The van der Waals surface area contributed by atoms with Crippen LogP contribution in [0.1, 0.15) is 0 Å². The molecule has 4 N–H and O–H groups in total. The van der Waals surface area contributed by atoms with Crippen LogP contribution in [0.4, 0.5) is 11.5 Å². The maximum absolute atomic E-state index is 10.9. The molecule has 0 saturated carbocycles. The Labute approximate surface area is 69.4 Å². The molecule has 1 aromatic heterocycles. The number of nitrogens with zero attached hydrogens (tertiary/aromatic N) is 2. The highest BCUT2D eigenvalue weighted by atomic mass is 16.1. The molecule has 0 aromatic carbocycles. The molecule has 0 fully saturated rings. The van der Waals surface area contributed by atoms with E-state index in [-0.39, 0.29) is 11.2 Å². The van der Waals surface area contributed by atoms with Crippen LogP contribution in [0.3, 0.4) is 0 Å². The van der Waals surface area contributed by atoms with Gasteiger partial charge in [-0.05, 0) is 0 Å². The third kappa shape index (κ3) is 1.73. The lowest BCUT2D eigenvalue weighted by Gasteiger charge is -2.12. The molecule has 0 amide bonds. The molecule has 0 aliphatic carbocycles. The molecule has 0 unspecified atom stereocenters. The zero-order chi connectivity index (χ0) is 9.14. The van der Waals surface area contributed by atoms with Crippen LogP contribution in [0.2, 0.25) is 0 Å². The molecule has 0 atom stereocenters. The van der Waals surface area contributed by atoms with Crippen molar-refractivity contribution in [1.29, 1.82) is 0 Å². The fraction of sp³-hybridized carbons (Fsp3) is 0.333. The van der Waals surface area contributed by atoms with E-state index in [9.17, 15) is 4.79 Å². The second-order valence-electron chi connectivity index (χ2n) is 2.50. The van der Waals surface area contributed by atoms with Gasteiger partial charge in [0.2, 0.25) is 0 Å². The van der Waals surface area contributed by atoms with Crippen molar-refractivity contribution in [2.24, 2.45) is 0 Å². The number of aromatic amines is 1. The van der Waals surface area contributed by atoms with Crippen LogP contribution in [0.15, 0.2) is 11.1 Å². The summed E-state index contributed by atoms with van der Waals surface area (Å²) < 4.78 is 0. The summed E-state index contributed by atoms with van der Waals surface area (Å²) in [6, 6.07) is 0. The summed E-state index contributed by atoms with van der Waals surface area (Å²) in [6.45, 7) is 0. The number of hydrogen-bond donors (Lipinski definition) is 3. The van der Waals surface area contributed by atoms with Crippen LogP contribution in [-0.2, 0) is 0 Å². The summed E-state index contributed by atoms with van der Waals surface area (Å²) in [7, 11) is 3.56. The Hall–Kier alpha value is -1.56. The van der Waals surface area contributed by atoms with Gasteiger partial charge < -0.3 is 16.1 Å².